The molecule has 16 heavy (non-hydrogen) atoms. The molecule has 0 bridgehead atoms. The molecule has 2 rings (SSSR count). The van der Waals surface area contributed by atoms with Crippen LogP contribution in [0.15, 0.2) is 24.3 Å². The standard InChI is InChI=1S/C12H16N2O2/c1-3-14-12(15)8-11(13-14)9-4-6-10(16-2)7-5-9/h4-7,11,13H,3,8H2,1-2H3. The summed E-state index contributed by atoms with van der Waals surface area (Å²) < 4.78 is 5.10. The van der Waals surface area contributed by atoms with Gasteiger partial charge in [0, 0.05) is 13.0 Å². The summed E-state index contributed by atoms with van der Waals surface area (Å²) in [5.41, 5.74) is 4.30. The Morgan fingerprint density at radius 3 is 2.62 bits per heavy atom. The molecule has 86 valence electrons. The van der Waals surface area contributed by atoms with Crippen molar-refractivity contribution < 1.29 is 9.53 Å². The van der Waals surface area contributed by atoms with Crippen molar-refractivity contribution in [3.63, 3.8) is 0 Å². The fourth-order valence-corrected chi connectivity index (χ4v) is 1.89. The molecule has 1 aromatic carbocycles. The van der Waals surface area contributed by atoms with E-state index in [1.54, 1.807) is 12.1 Å². The molecule has 1 N–H and O–H groups in total. The van der Waals surface area contributed by atoms with E-state index in [4.69, 9.17) is 4.74 Å². The minimum atomic E-state index is 0.0957. The van der Waals surface area contributed by atoms with Crippen molar-refractivity contribution >= 4 is 5.91 Å². The number of nitrogens with zero attached hydrogens (tertiary/aromatic N) is 1. The van der Waals surface area contributed by atoms with E-state index in [1.807, 2.05) is 31.2 Å². The predicted molar refractivity (Wildman–Crippen MR) is 60.9 cm³/mol. The molecule has 1 heterocycles. The summed E-state index contributed by atoms with van der Waals surface area (Å²) in [4.78, 5) is 11.6. The molecule has 1 atom stereocenters. The highest BCUT2D eigenvalue weighted by Crippen LogP contribution is 2.25. The molecule has 0 saturated carbocycles. The van der Waals surface area contributed by atoms with Crippen LogP contribution in [0.2, 0.25) is 0 Å². The van der Waals surface area contributed by atoms with Gasteiger partial charge in [-0.05, 0) is 24.6 Å². The van der Waals surface area contributed by atoms with E-state index in [9.17, 15) is 4.79 Å². The Labute approximate surface area is 95.2 Å². The summed E-state index contributed by atoms with van der Waals surface area (Å²) in [5, 5.41) is 1.66. The van der Waals surface area contributed by atoms with Crippen LogP contribution >= 0.6 is 0 Å². The second-order valence-corrected chi connectivity index (χ2v) is 3.80. The number of hydrogen-bond acceptors (Lipinski definition) is 3. The molecule has 1 saturated heterocycles. The van der Waals surface area contributed by atoms with Gasteiger partial charge in [0.1, 0.15) is 5.75 Å². The first-order valence-electron chi connectivity index (χ1n) is 5.45. The average molecular weight is 220 g/mol. The Bertz CT molecular complexity index is 375. The lowest BCUT2D eigenvalue weighted by Crippen LogP contribution is -2.34. The van der Waals surface area contributed by atoms with Crippen molar-refractivity contribution in [2.45, 2.75) is 19.4 Å². The molecule has 0 spiro atoms. The number of methoxy groups -OCH3 is 1. The molecule has 4 heteroatoms. The van der Waals surface area contributed by atoms with Crippen LogP contribution in [-0.4, -0.2) is 24.6 Å². The van der Waals surface area contributed by atoms with Gasteiger partial charge in [-0.25, -0.2) is 5.43 Å². The third-order valence-electron chi connectivity index (χ3n) is 2.83. The Hall–Kier alpha value is -1.55. The van der Waals surface area contributed by atoms with Crippen molar-refractivity contribution in [1.29, 1.82) is 0 Å². The third kappa shape index (κ3) is 2.02. The maximum absolute atomic E-state index is 11.6. The zero-order chi connectivity index (χ0) is 11.5. The summed E-state index contributed by atoms with van der Waals surface area (Å²) in [6, 6.07) is 7.90. The summed E-state index contributed by atoms with van der Waals surface area (Å²) in [5.74, 6) is 0.990. The van der Waals surface area contributed by atoms with Gasteiger partial charge in [0.25, 0.3) is 0 Å². The number of hydrazine groups is 1. The summed E-state index contributed by atoms with van der Waals surface area (Å²) in [7, 11) is 1.64. The Morgan fingerprint density at radius 2 is 2.12 bits per heavy atom. The highest BCUT2D eigenvalue weighted by molar-refractivity contribution is 5.78. The van der Waals surface area contributed by atoms with Crippen LogP contribution in [0.3, 0.4) is 0 Å². The molecular formula is C12H16N2O2. The second-order valence-electron chi connectivity index (χ2n) is 3.80. The van der Waals surface area contributed by atoms with Gasteiger partial charge in [-0.15, -0.1) is 0 Å². The topological polar surface area (TPSA) is 41.6 Å². The van der Waals surface area contributed by atoms with E-state index in [2.05, 4.69) is 5.43 Å². The van der Waals surface area contributed by atoms with Gasteiger partial charge < -0.3 is 4.74 Å². The van der Waals surface area contributed by atoms with Crippen LogP contribution < -0.4 is 10.2 Å². The first kappa shape index (κ1) is 11.0. The van der Waals surface area contributed by atoms with Crippen molar-refractivity contribution in [2.24, 2.45) is 0 Å². The average Bonchev–Trinajstić information content (AvgIpc) is 2.71. The number of hydrogen-bond donors (Lipinski definition) is 1. The van der Waals surface area contributed by atoms with E-state index in [0.717, 1.165) is 11.3 Å². The number of carbonyl (C=O) groups is 1. The van der Waals surface area contributed by atoms with Crippen molar-refractivity contribution in [3.8, 4) is 5.75 Å². The predicted octanol–water partition coefficient (Wildman–Crippen LogP) is 1.49. The van der Waals surface area contributed by atoms with E-state index in [-0.39, 0.29) is 11.9 Å². The first-order chi connectivity index (χ1) is 7.74. The number of nitrogens with one attached hydrogen (secondary N) is 1. The Morgan fingerprint density at radius 1 is 1.44 bits per heavy atom. The summed E-state index contributed by atoms with van der Waals surface area (Å²) >= 11 is 0. The second kappa shape index (κ2) is 4.53. The summed E-state index contributed by atoms with van der Waals surface area (Å²) in [6.07, 6.45) is 0.528. The van der Waals surface area contributed by atoms with E-state index >= 15 is 0 Å². The van der Waals surface area contributed by atoms with Crippen LogP contribution in [0.1, 0.15) is 24.9 Å². The zero-order valence-corrected chi connectivity index (χ0v) is 9.56. The molecule has 0 radical (unpaired) electrons. The summed E-state index contributed by atoms with van der Waals surface area (Å²) in [6.45, 7) is 2.66. The van der Waals surface area contributed by atoms with Gasteiger partial charge >= 0.3 is 0 Å². The van der Waals surface area contributed by atoms with Gasteiger partial charge in [-0.3, -0.25) is 9.80 Å². The highest BCUT2D eigenvalue weighted by Gasteiger charge is 2.28. The molecule has 1 aliphatic heterocycles. The number of amides is 1. The third-order valence-corrected chi connectivity index (χ3v) is 2.83. The lowest BCUT2D eigenvalue weighted by molar-refractivity contribution is -0.129. The van der Waals surface area contributed by atoms with Crippen LogP contribution in [0, 0.1) is 0 Å². The van der Waals surface area contributed by atoms with E-state index < -0.39 is 0 Å². The van der Waals surface area contributed by atoms with Crippen molar-refractivity contribution in [1.82, 2.24) is 10.4 Å². The zero-order valence-electron chi connectivity index (χ0n) is 9.56. The molecule has 0 aromatic heterocycles. The minimum Gasteiger partial charge on any atom is -0.497 e. The lowest BCUT2D eigenvalue weighted by atomic mass is 10.1. The van der Waals surface area contributed by atoms with Crippen LogP contribution in [-0.2, 0) is 4.79 Å². The van der Waals surface area contributed by atoms with Crippen molar-refractivity contribution in [2.75, 3.05) is 13.7 Å². The smallest absolute Gasteiger partial charge is 0.238 e. The Balaban J connectivity index is 2.11. The molecule has 4 nitrogen and oxygen atoms in total. The van der Waals surface area contributed by atoms with Gasteiger partial charge in [-0.1, -0.05) is 12.1 Å². The molecular weight excluding hydrogens is 204 g/mol. The maximum atomic E-state index is 11.6. The van der Waals surface area contributed by atoms with E-state index in [0.29, 0.717) is 13.0 Å². The number of rotatable bonds is 3. The lowest BCUT2D eigenvalue weighted by Gasteiger charge is -2.16. The SMILES string of the molecule is CCN1NC(c2ccc(OC)cc2)CC1=O. The molecule has 1 aliphatic rings. The minimum absolute atomic E-state index is 0.0957. The number of benzene rings is 1. The van der Waals surface area contributed by atoms with E-state index in [1.165, 1.54) is 0 Å². The van der Waals surface area contributed by atoms with Crippen molar-refractivity contribution in [3.05, 3.63) is 29.8 Å². The monoisotopic (exact) mass is 220 g/mol. The van der Waals surface area contributed by atoms with Gasteiger partial charge in [0.15, 0.2) is 0 Å². The molecule has 1 fully saturated rings. The highest BCUT2D eigenvalue weighted by atomic mass is 16.5. The molecule has 1 aromatic rings. The normalized spacial score (nSPS) is 20.2. The quantitative estimate of drug-likeness (QED) is 0.839. The molecule has 1 unspecified atom stereocenters. The largest absolute Gasteiger partial charge is 0.497 e. The first-order valence-corrected chi connectivity index (χ1v) is 5.45. The van der Waals surface area contributed by atoms with Crippen LogP contribution in [0.5, 0.6) is 5.75 Å². The van der Waals surface area contributed by atoms with Crippen LogP contribution in [0.4, 0.5) is 0 Å². The Kier molecular flexibility index (Phi) is 3.10. The van der Waals surface area contributed by atoms with Crippen LogP contribution in [0.25, 0.3) is 0 Å². The molecule has 1 amide bonds. The number of carbonyl (C=O) groups excluding carboxylic acids is 1. The maximum Gasteiger partial charge on any atom is 0.238 e. The van der Waals surface area contributed by atoms with Gasteiger partial charge in [0.2, 0.25) is 5.91 Å². The fraction of sp³-hybridized carbons (Fsp3) is 0.417. The van der Waals surface area contributed by atoms with Gasteiger partial charge in [-0.2, -0.15) is 0 Å². The fourth-order valence-electron chi connectivity index (χ4n) is 1.89. The molecule has 0 aliphatic carbocycles. The number of ether oxygens (including phenoxy) is 1. The van der Waals surface area contributed by atoms with Gasteiger partial charge in [0.05, 0.1) is 13.2 Å².